The molecule has 1 aromatic heterocycles. The van der Waals surface area contributed by atoms with E-state index < -0.39 is 0 Å². The molecule has 3 rings (SSSR count). The molecule has 0 saturated carbocycles. The molecule has 1 heterocycles. The Balaban J connectivity index is 1.74. The van der Waals surface area contributed by atoms with Gasteiger partial charge in [-0.2, -0.15) is 0 Å². The Morgan fingerprint density at radius 1 is 1.00 bits per heavy atom. The van der Waals surface area contributed by atoms with Gasteiger partial charge in [-0.25, -0.2) is 4.79 Å². The Kier molecular flexibility index (Phi) is 10.8. The summed E-state index contributed by atoms with van der Waals surface area (Å²) in [7, 11) is 0. The molecule has 7 heteroatoms. The maximum absolute atomic E-state index is 13.6. The molecule has 0 unspecified atom stereocenters. The van der Waals surface area contributed by atoms with Crippen LogP contribution in [0.5, 0.6) is 0 Å². The number of benzene rings is 2. The van der Waals surface area contributed by atoms with E-state index in [-0.39, 0.29) is 24.4 Å². The van der Waals surface area contributed by atoms with E-state index in [4.69, 9.17) is 0 Å². The van der Waals surface area contributed by atoms with Gasteiger partial charge in [0.25, 0.3) is 0 Å². The highest BCUT2D eigenvalue weighted by atomic mass is 79.9. The summed E-state index contributed by atoms with van der Waals surface area (Å²) in [6, 6.07) is 19.8. The molecule has 0 aliphatic rings. The minimum Gasteiger partial charge on any atom is -0.345 e. The molecule has 37 heavy (non-hydrogen) atoms. The molecular weight excluding hydrogens is 528 g/mol. The molecule has 198 valence electrons. The van der Waals surface area contributed by atoms with Crippen molar-refractivity contribution in [1.29, 1.82) is 0 Å². The van der Waals surface area contributed by atoms with Gasteiger partial charge >= 0.3 is 6.03 Å². The van der Waals surface area contributed by atoms with Crippen molar-refractivity contribution >= 4 is 33.6 Å². The second-order valence-corrected chi connectivity index (χ2v) is 10.9. The number of unbranched alkanes of at least 4 members (excludes halogenated alkanes) is 1. The number of amides is 3. The number of anilines is 1. The van der Waals surface area contributed by atoms with Crippen LogP contribution in [0.2, 0.25) is 0 Å². The lowest BCUT2D eigenvalue weighted by Crippen LogP contribution is -2.46. The number of urea groups is 1. The van der Waals surface area contributed by atoms with Crippen molar-refractivity contribution in [3.05, 3.63) is 88.2 Å². The van der Waals surface area contributed by atoms with Crippen molar-refractivity contribution in [2.45, 2.75) is 53.6 Å². The first kappa shape index (κ1) is 28.5. The number of hydrogen-bond acceptors (Lipinski definition) is 2. The van der Waals surface area contributed by atoms with Gasteiger partial charge < -0.3 is 19.7 Å². The third kappa shape index (κ3) is 8.78. The zero-order valence-corrected chi connectivity index (χ0v) is 24.0. The molecule has 0 radical (unpaired) electrons. The molecule has 2 aromatic carbocycles. The van der Waals surface area contributed by atoms with Gasteiger partial charge in [-0.3, -0.25) is 4.79 Å². The maximum Gasteiger partial charge on any atom is 0.322 e. The molecule has 0 bridgehead atoms. The van der Waals surface area contributed by atoms with E-state index in [0.29, 0.717) is 19.6 Å². The van der Waals surface area contributed by atoms with Crippen LogP contribution in [0.25, 0.3) is 0 Å². The lowest BCUT2D eigenvalue weighted by atomic mass is 10.2. The summed E-state index contributed by atoms with van der Waals surface area (Å²) in [5.74, 6) is 0.202. The number of nitrogens with zero attached hydrogens (tertiary/aromatic N) is 3. The fraction of sp³-hybridized carbons (Fsp3) is 0.400. The van der Waals surface area contributed by atoms with Crippen LogP contribution in [0.1, 0.15) is 50.4 Å². The number of hydrogen-bond donors (Lipinski definition) is 1. The monoisotopic (exact) mass is 566 g/mol. The maximum atomic E-state index is 13.6. The number of halogens is 1. The number of rotatable bonds is 12. The van der Waals surface area contributed by atoms with Crippen LogP contribution in [0.3, 0.4) is 0 Å². The summed E-state index contributed by atoms with van der Waals surface area (Å²) < 4.78 is 3.24. The summed E-state index contributed by atoms with van der Waals surface area (Å²) in [5, 5.41) is 3.00. The molecular formula is C30H39BrN4O2. The van der Waals surface area contributed by atoms with Gasteiger partial charge in [-0.1, -0.05) is 73.5 Å². The van der Waals surface area contributed by atoms with Crippen LogP contribution in [-0.4, -0.2) is 45.9 Å². The normalized spacial score (nSPS) is 11.0. The van der Waals surface area contributed by atoms with Crippen LogP contribution in [0.15, 0.2) is 71.3 Å². The Hall–Kier alpha value is -3.06. The highest BCUT2D eigenvalue weighted by Gasteiger charge is 2.23. The standard InChI is InChI=1S/C30H39BrN4O2/c1-5-6-17-34(21-27-11-9-18-33(27)20-25-13-15-26(31)16-14-25)29(36)22-35(19-23(2)3)30(37)32-28-12-8-7-10-24(28)4/h7-16,18,23H,5-6,17,19-22H2,1-4H3,(H,32,37). The number of para-hydroxylation sites is 1. The summed E-state index contributed by atoms with van der Waals surface area (Å²) in [4.78, 5) is 30.3. The van der Waals surface area contributed by atoms with Gasteiger partial charge in [0.1, 0.15) is 6.54 Å². The minimum atomic E-state index is -0.245. The molecule has 0 aliphatic carbocycles. The lowest BCUT2D eigenvalue weighted by Gasteiger charge is -2.29. The van der Waals surface area contributed by atoms with Crippen LogP contribution < -0.4 is 5.32 Å². The largest absolute Gasteiger partial charge is 0.345 e. The van der Waals surface area contributed by atoms with E-state index in [1.54, 1.807) is 4.90 Å². The highest BCUT2D eigenvalue weighted by Crippen LogP contribution is 2.17. The zero-order chi connectivity index (χ0) is 26.8. The number of carbonyl (C=O) groups excluding carboxylic acids is 2. The average molecular weight is 568 g/mol. The van der Waals surface area contributed by atoms with E-state index in [1.807, 2.05) is 54.3 Å². The molecule has 0 saturated heterocycles. The molecule has 0 fully saturated rings. The van der Waals surface area contributed by atoms with Crippen molar-refractivity contribution in [2.75, 3.05) is 25.0 Å². The van der Waals surface area contributed by atoms with Gasteiger partial charge in [-0.05, 0) is 60.7 Å². The van der Waals surface area contributed by atoms with Crippen molar-refractivity contribution in [3.63, 3.8) is 0 Å². The van der Waals surface area contributed by atoms with Crippen LogP contribution in [-0.2, 0) is 17.9 Å². The fourth-order valence-electron chi connectivity index (χ4n) is 4.20. The number of aryl methyl sites for hydroxylation is 1. The fourth-order valence-corrected chi connectivity index (χ4v) is 4.47. The summed E-state index contributed by atoms with van der Waals surface area (Å²) >= 11 is 3.49. The molecule has 1 N–H and O–H groups in total. The van der Waals surface area contributed by atoms with E-state index in [9.17, 15) is 9.59 Å². The van der Waals surface area contributed by atoms with Gasteiger partial charge in [-0.15, -0.1) is 0 Å². The first-order valence-electron chi connectivity index (χ1n) is 13.0. The van der Waals surface area contributed by atoms with Gasteiger partial charge in [0, 0.05) is 41.7 Å². The van der Waals surface area contributed by atoms with E-state index in [1.165, 1.54) is 5.56 Å². The molecule has 6 nitrogen and oxygen atoms in total. The minimum absolute atomic E-state index is 0.0366. The Morgan fingerprint density at radius 3 is 2.41 bits per heavy atom. The third-order valence-corrected chi connectivity index (χ3v) is 6.79. The summed E-state index contributed by atoms with van der Waals surface area (Å²) in [5.41, 5.74) is 4.03. The predicted octanol–water partition coefficient (Wildman–Crippen LogP) is 6.93. The van der Waals surface area contributed by atoms with Gasteiger partial charge in [0.05, 0.1) is 6.54 Å². The Bertz CT molecular complexity index is 1160. The molecule has 0 spiro atoms. The SMILES string of the molecule is CCCCN(Cc1cccn1Cc1ccc(Br)cc1)C(=O)CN(CC(C)C)C(=O)Nc1ccccc1C. The number of aromatic nitrogens is 1. The molecule has 3 amide bonds. The molecule has 0 aliphatic heterocycles. The molecule has 3 aromatic rings. The van der Waals surface area contributed by atoms with Crippen molar-refractivity contribution < 1.29 is 9.59 Å². The second kappa shape index (κ2) is 14.0. The summed E-state index contributed by atoms with van der Waals surface area (Å²) in [6.07, 6.45) is 3.96. The van der Waals surface area contributed by atoms with Crippen molar-refractivity contribution in [1.82, 2.24) is 14.4 Å². The van der Waals surface area contributed by atoms with Crippen LogP contribution in [0.4, 0.5) is 10.5 Å². The van der Waals surface area contributed by atoms with Crippen LogP contribution >= 0.6 is 15.9 Å². The highest BCUT2D eigenvalue weighted by molar-refractivity contribution is 9.10. The lowest BCUT2D eigenvalue weighted by molar-refractivity contribution is -0.132. The number of carbonyl (C=O) groups is 2. The van der Waals surface area contributed by atoms with Crippen molar-refractivity contribution in [2.24, 2.45) is 5.92 Å². The first-order chi connectivity index (χ1) is 17.8. The first-order valence-corrected chi connectivity index (χ1v) is 13.8. The second-order valence-electron chi connectivity index (χ2n) is 9.94. The predicted molar refractivity (Wildman–Crippen MR) is 155 cm³/mol. The quantitative estimate of drug-likeness (QED) is 0.258. The van der Waals surface area contributed by atoms with Crippen LogP contribution in [0, 0.1) is 12.8 Å². The smallest absolute Gasteiger partial charge is 0.322 e. The van der Waals surface area contributed by atoms with Gasteiger partial charge in [0.2, 0.25) is 5.91 Å². The van der Waals surface area contributed by atoms with E-state index in [2.05, 4.69) is 71.0 Å². The average Bonchev–Trinajstić information content (AvgIpc) is 3.30. The zero-order valence-electron chi connectivity index (χ0n) is 22.4. The molecule has 0 atom stereocenters. The van der Waals surface area contributed by atoms with Gasteiger partial charge in [0.15, 0.2) is 0 Å². The summed E-state index contributed by atoms with van der Waals surface area (Å²) in [6.45, 7) is 10.7. The topological polar surface area (TPSA) is 57.6 Å². The van der Waals surface area contributed by atoms with E-state index >= 15 is 0 Å². The third-order valence-electron chi connectivity index (χ3n) is 6.26. The Morgan fingerprint density at radius 2 is 1.73 bits per heavy atom. The van der Waals surface area contributed by atoms with Crippen molar-refractivity contribution in [3.8, 4) is 0 Å². The van der Waals surface area contributed by atoms with E-state index in [0.717, 1.165) is 40.8 Å². The Labute approximate surface area is 229 Å². The number of nitrogens with one attached hydrogen (secondary N) is 1.